The number of aryl methyl sites for hydroxylation is 2. The Balaban J connectivity index is 1.58. The summed E-state index contributed by atoms with van der Waals surface area (Å²) in [6, 6.07) is 10.9. The van der Waals surface area contributed by atoms with Crippen molar-refractivity contribution < 1.29 is 19.1 Å². The van der Waals surface area contributed by atoms with Crippen LogP contribution < -0.4 is 20.3 Å². The van der Waals surface area contributed by atoms with E-state index in [1.54, 1.807) is 36.2 Å². The summed E-state index contributed by atoms with van der Waals surface area (Å²) in [7, 11) is 1.57. The molecule has 7 nitrogen and oxygen atoms in total. The highest BCUT2D eigenvalue weighted by molar-refractivity contribution is 9.10. The number of benzene rings is 2. The molecule has 31 heavy (non-hydrogen) atoms. The highest BCUT2D eigenvalue weighted by Gasteiger charge is 2.34. The molecule has 0 aromatic heterocycles. The van der Waals surface area contributed by atoms with E-state index in [2.05, 4.69) is 26.6 Å². The predicted octanol–water partition coefficient (Wildman–Crippen LogP) is 3.44. The van der Waals surface area contributed by atoms with Crippen LogP contribution in [0.4, 0.5) is 11.4 Å². The molecule has 0 aliphatic carbocycles. The summed E-state index contributed by atoms with van der Waals surface area (Å²) in [5.41, 5.74) is 3.54. The molecule has 0 spiro atoms. The molecule has 2 aromatic carbocycles. The Morgan fingerprint density at radius 3 is 2.58 bits per heavy atom. The Labute approximate surface area is 190 Å². The van der Waals surface area contributed by atoms with Crippen LogP contribution >= 0.6 is 15.9 Å². The summed E-state index contributed by atoms with van der Waals surface area (Å²) in [4.78, 5) is 38.0. The van der Waals surface area contributed by atoms with Gasteiger partial charge in [0.15, 0.2) is 6.61 Å². The molecule has 1 aliphatic rings. The van der Waals surface area contributed by atoms with E-state index in [4.69, 9.17) is 4.74 Å². The molecule has 0 radical (unpaired) electrons. The van der Waals surface area contributed by atoms with Crippen molar-refractivity contribution >= 4 is 45.0 Å². The zero-order valence-electron chi connectivity index (χ0n) is 17.8. The van der Waals surface area contributed by atoms with Crippen LogP contribution in [0.2, 0.25) is 0 Å². The fraction of sp³-hybridized carbons (Fsp3) is 0.348. The van der Waals surface area contributed by atoms with E-state index in [-0.39, 0.29) is 36.7 Å². The van der Waals surface area contributed by atoms with Gasteiger partial charge in [0.1, 0.15) is 5.75 Å². The zero-order chi connectivity index (χ0) is 22.5. The quantitative estimate of drug-likeness (QED) is 0.625. The fourth-order valence-corrected chi connectivity index (χ4v) is 4.27. The summed E-state index contributed by atoms with van der Waals surface area (Å²) in [6.45, 7) is 4.22. The first-order valence-electron chi connectivity index (χ1n) is 10.2. The number of carbonyl (C=O) groups is 3. The molecule has 1 heterocycles. The maximum atomic E-state index is 12.4. The van der Waals surface area contributed by atoms with Crippen molar-refractivity contribution in [3.05, 3.63) is 52.0 Å². The number of halogens is 1. The van der Waals surface area contributed by atoms with E-state index >= 15 is 0 Å². The smallest absolute Gasteiger partial charge is 0.262 e. The highest BCUT2D eigenvalue weighted by atomic mass is 79.9. The number of nitrogens with one attached hydrogen (secondary N) is 2. The summed E-state index contributed by atoms with van der Waals surface area (Å²) >= 11 is 3.48. The van der Waals surface area contributed by atoms with Crippen LogP contribution in [0.1, 0.15) is 24.5 Å². The first-order valence-corrected chi connectivity index (χ1v) is 10.9. The minimum absolute atomic E-state index is 0.0850. The monoisotopic (exact) mass is 487 g/mol. The SMILES string of the molecule is CCc1cc(Br)cc(C)c1NC(=O)COc1ccc(N2C[C@@H](C(=O)NC)CC2=O)cc1. The van der Waals surface area contributed by atoms with Gasteiger partial charge < -0.3 is 20.3 Å². The van der Waals surface area contributed by atoms with Gasteiger partial charge in [0.05, 0.1) is 5.92 Å². The Kier molecular flexibility index (Phi) is 7.33. The van der Waals surface area contributed by atoms with E-state index in [1.165, 1.54) is 0 Å². The van der Waals surface area contributed by atoms with Crippen LogP contribution in [0.3, 0.4) is 0 Å². The number of hydrogen-bond donors (Lipinski definition) is 2. The van der Waals surface area contributed by atoms with Gasteiger partial charge in [-0.05, 0) is 60.9 Å². The lowest BCUT2D eigenvalue weighted by molar-refractivity contribution is -0.125. The molecule has 2 N–H and O–H groups in total. The highest BCUT2D eigenvalue weighted by Crippen LogP contribution is 2.28. The van der Waals surface area contributed by atoms with E-state index < -0.39 is 0 Å². The van der Waals surface area contributed by atoms with Crippen LogP contribution in [-0.4, -0.2) is 37.9 Å². The molecule has 0 unspecified atom stereocenters. The van der Waals surface area contributed by atoms with Gasteiger partial charge in [0, 0.05) is 35.9 Å². The van der Waals surface area contributed by atoms with Gasteiger partial charge in [0.25, 0.3) is 5.91 Å². The average Bonchev–Trinajstić information content (AvgIpc) is 3.15. The Morgan fingerprint density at radius 2 is 1.94 bits per heavy atom. The molecule has 1 aliphatic heterocycles. The van der Waals surface area contributed by atoms with E-state index in [0.717, 1.165) is 27.7 Å². The van der Waals surface area contributed by atoms with Crippen LogP contribution in [0.5, 0.6) is 5.75 Å². The molecular weight excluding hydrogens is 462 g/mol. The minimum atomic E-state index is -0.341. The molecule has 1 saturated heterocycles. The first-order chi connectivity index (χ1) is 14.8. The van der Waals surface area contributed by atoms with Crippen molar-refractivity contribution in [1.82, 2.24) is 5.32 Å². The van der Waals surface area contributed by atoms with Crippen molar-refractivity contribution in [2.24, 2.45) is 5.92 Å². The third kappa shape index (κ3) is 5.44. The Morgan fingerprint density at radius 1 is 1.23 bits per heavy atom. The zero-order valence-corrected chi connectivity index (χ0v) is 19.4. The summed E-state index contributed by atoms with van der Waals surface area (Å²) < 4.78 is 6.59. The molecule has 1 atom stereocenters. The topological polar surface area (TPSA) is 87.7 Å². The van der Waals surface area contributed by atoms with Crippen LogP contribution in [0.15, 0.2) is 40.9 Å². The molecule has 3 rings (SSSR count). The lowest BCUT2D eigenvalue weighted by Crippen LogP contribution is -2.30. The lowest BCUT2D eigenvalue weighted by atomic mass is 10.1. The van der Waals surface area contributed by atoms with E-state index in [9.17, 15) is 14.4 Å². The number of nitrogens with zero attached hydrogens (tertiary/aromatic N) is 1. The van der Waals surface area contributed by atoms with Gasteiger partial charge in [-0.25, -0.2) is 0 Å². The summed E-state index contributed by atoms with van der Waals surface area (Å²) in [5.74, 6) is -0.275. The summed E-state index contributed by atoms with van der Waals surface area (Å²) in [6.07, 6.45) is 1.00. The third-order valence-electron chi connectivity index (χ3n) is 5.29. The molecule has 3 amide bonds. The van der Waals surface area contributed by atoms with E-state index in [0.29, 0.717) is 18.0 Å². The second kappa shape index (κ2) is 9.96. The molecule has 0 saturated carbocycles. The maximum absolute atomic E-state index is 12.4. The standard InChI is InChI=1S/C23H26BrN3O4/c1-4-15-10-17(24)9-14(2)22(15)26-20(28)13-31-19-7-5-18(6-8-19)27-12-16(11-21(27)29)23(30)25-3/h5-10,16H,4,11-13H2,1-3H3,(H,25,30)(H,26,28)/t16-/m0/s1. The van der Waals surface area contributed by atoms with Crippen molar-refractivity contribution in [1.29, 1.82) is 0 Å². The Hall–Kier alpha value is -2.87. The number of amides is 3. The van der Waals surface area contributed by atoms with Crippen LogP contribution in [-0.2, 0) is 20.8 Å². The molecule has 8 heteroatoms. The fourth-order valence-electron chi connectivity index (χ4n) is 3.65. The number of anilines is 2. The van der Waals surface area contributed by atoms with Gasteiger partial charge >= 0.3 is 0 Å². The average molecular weight is 488 g/mol. The largest absolute Gasteiger partial charge is 0.484 e. The molecule has 164 valence electrons. The lowest BCUT2D eigenvalue weighted by Gasteiger charge is -2.17. The number of ether oxygens (including phenoxy) is 1. The van der Waals surface area contributed by atoms with Crippen molar-refractivity contribution in [2.45, 2.75) is 26.7 Å². The van der Waals surface area contributed by atoms with E-state index in [1.807, 2.05) is 26.0 Å². The Bertz CT molecular complexity index is 991. The van der Waals surface area contributed by atoms with Gasteiger partial charge in [-0.3, -0.25) is 14.4 Å². The predicted molar refractivity (Wildman–Crippen MR) is 123 cm³/mol. The van der Waals surface area contributed by atoms with Crippen LogP contribution in [0, 0.1) is 12.8 Å². The molecule has 0 bridgehead atoms. The van der Waals surface area contributed by atoms with Crippen molar-refractivity contribution in [2.75, 3.05) is 30.4 Å². The normalized spacial score (nSPS) is 15.7. The number of rotatable bonds is 7. The van der Waals surface area contributed by atoms with Gasteiger partial charge in [0.2, 0.25) is 11.8 Å². The third-order valence-corrected chi connectivity index (χ3v) is 5.75. The second-order valence-corrected chi connectivity index (χ2v) is 8.38. The van der Waals surface area contributed by atoms with Crippen LogP contribution in [0.25, 0.3) is 0 Å². The van der Waals surface area contributed by atoms with Crippen molar-refractivity contribution in [3.8, 4) is 5.75 Å². The summed E-state index contributed by atoms with van der Waals surface area (Å²) in [5, 5.41) is 5.52. The van der Waals surface area contributed by atoms with Gasteiger partial charge in [-0.2, -0.15) is 0 Å². The molecule has 1 fully saturated rings. The first kappa shape index (κ1) is 22.8. The maximum Gasteiger partial charge on any atom is 0.262 e. The molecule has 2 aromatic rings. The molecular formula is C23H26BrN3O4. The van der Waals surface area contributed by atoms with Crippen molar-refractivity contribution in [3.63, 3.8) is 0 Å². The number of hydrogen-bond acceptors (Lipinski definition) is 4. The number of carbonyl (C=O) groups excluding carboxylic acids is 3. The minimum Gasteiger partial charge on any atom is -0.484 e. The second-order valence-electron chi connectivity index (χ2n) is 7.46. The van der Waals surface area contributed by atoms with Gasteiger partial charge in [-0.1, -0.05) is 22.9 Å². The van der Waals surface area contributed by atoms with Gasteiger partial charge in [-0.15, -0.1) is 0 Å².